The molecule has 2 atom stereocenters. The number of ether oxygens (including phenoxy) is 1. The Balaban J connectivity index is 1.56. The van der Waals surface area contributed by atoms with Gasteiger partial charge in [-0.15, -0.1) is 0 Å². The first kappa shape index (κ1) is 12.9. The van der Waals surface area contributed by atoms with Crippen LogP contribution in [0, 0.1) is 5.92 Å². The van der Waals surface area contributed by atoms with Crippen molar-refractivity contribution < 1.29 is 9.53 Å². The Hall–Kier alpha value is -1.07. The molecule has 1 aromatic heterocycles. The Bertz CT molecular complexity index is 415. The predicted molar refractivity (Wildman–Crippen MR) is 75.3 cm³/mol. The molecule has 0 unspecified atom stereocenters. The maximum atomic E-state index is 12.3. The van der Waals surface area contributed by atoms with E-state index >= 15 is 0 Å². The fourth-order valence-corrected chi connectivity index (χ4v) is 3.61. The van der Waals surface area contributed by atoms with Gasteiger partial charge in [0.25, 0.3) is 0 Å². The third-order valence-corrected chi connectivity index (χ3v) is 4.71. The summed E-state index contributed by atoms with van der Waals surface area (Å²) in [5.74, 6) is 0.492. The summed E-state index contributed by atoms with van der Waals surface area (Å²) >= 11 is 1.70. The lowest BCUT2D eigenvalue weighted by Crippen LogP contribution is -2.41. The topological polar surface area (TPSA) is 41.6 Å². The van der Waals surface area contributed by atoms with Crippen LogP contribution in [0.25, 0.3) is 0 Å². The molecule has 104 valence electrons. The summed E-state index contributed by atoms with van der Waals surface area (Å²) in [6.45, 7) is 3.23. The van der Waals surface area contributed by atoms with Gasteiger partial charge in [-0.25, -0.2) is 4.79 Å². The number of nitrogens with zero attached hydrogens (tertiary/aromatic N) is 1. The molecule has 2 fully saturated rings. The number of likely N-dealkylation sites (tertiary alicyclic amines) is 1. The molecule has 3 heterocycles. The second kappa shape index (κ2) is 5.92. The molecule has 2 aliphatic heterocycles. The first-order valence-electron chi connectivity index (χ1n) is 6.99. The van der Waals surface area contributed by atoms with Crippen LogP contribution in [0.4, 0.5) is 4.79 Å². The highest BCUT2D eigenvalue weighted by Gasteiger charge is 2.30. The molecule has 0 aromatic carbocycles. The molecule has 0 radical (unpaired) electrons. The first-order valence-corrected chi connectivity index (χ1v) is 7.93. The van der Waals surface area contributed by atoms with Crippen LogP contribution < -0.4 is 5.32 Å². The maximum absolute atomic E-state index is 12.3. The van der Waals surface area contributed by atoms with Crippen LogP contribution in [0.3, 0.4) is 0 Å². The van der Waals surface area contributed by atoms with Crippen molar-refractivity contribution in [2.45, 2.75) is 25.3 Å². The van der Waals surface area contributed by atoms with Crippen LogP contribution in [0.15, 0.2) is 16.8 Å². The molecule has 0 bridgehead atoms. The van der Waals surface area contributed by atoms with E-state index < -0.39 is 0 Å². The molecule has 0 saturated carbocycles. The van der Waals surface area contributed by atoms with E-state index in [0.717, 1.165) is 45.6 Å². The average Bonchev–Trinajstić information content (AvgIpc) is 3.14. The van der Waals surface area contributed by atoms with Crippen molar-refractivity contribution in [1.82, 2.24) is 10.2 Å². The van der Waals surface area contributed by atoms with Crippen molar-refractivity contribution in [1.29, 1.82) is 0 Å². The lowest BCUT2D eigenvalue weighted by molar-refractivity contribution is 0.179. The van der Waals surface area contributed by atoms with Crippen molar-refractivity contribution in [3.8, 4) is 0 Å². The molecular weight excluding hydrogens is 260 g/mol. The number of carbonyl (C=O) groups is 1. The van der Waals surface area contributed by atoms with Crippen LogP contribution in [0.5, 0.6) is 0 Å². The van der Waals surface area contributed by atoms with Gasteiger partial charge in [0.05, 0.1) is 12.6 Å². The minimum absolute atomic E-state index is 0.0839. The Kier molecular flexibility index (Phi) is 4.03. The number of rotatable bonds is 3. The zero-order valence-electron chi connectivity index (χ0n) is 11.0. The summed E-state index contributed by atoms with van der Waals surface area (Å²) in [6, 6.07) is 2.48. The Labute approximate surface area is 117 Å². The molecule has 19 heavy (non-hydrogen) atoms. The van der Waals surface area contributed by atoms with E-state index in [9.17, 15) is 4.79 Å². The van der Waals surface area contributed by atoms with E-state index in [-0.39, 0.29) is 12.1 Å². The van der Waals surface area contributed by atoms with Crippen molar-refractivity contribution >= 4 is 17.4 Å². The third-order valence-electron chi connectivity index (χ3n) is 4.01. The monoisotopic (exact) mass is 280 g/mol. The largest absolute Gasteiger partial charge is 0.381 e. The van der Waals surface area contributed by atoms with E-state index in [4.69, 9.17) is 4.74 Å². The molecule has 2 aliphatic rings. The predicted octanol–water partition coefficient (Wildman–Crippen LogP) is 2.63. The van der Waals surface area contributed by atoms with E-state index in [2.05, 4.69) is 22.1 Å². The number of nitrogens with one attached hydrogen (secondary N) is 1. The minimum atomic E-state index is 0.0839. The smallest absolute Gasteiger partial charge is 0.317 e. The second-order valence-corrected chi connectivity index (χ2v) is 6.10. The second-order valence-electron chi connectivity index (χ2n) is 5.32. The normalized spacial score (nSPS) is 26.8. The number of hydrogen-bond donors (Lipinski definition) is 1. The standard InChI is InChI=1S/C14H20N2O2S/c17-14(15-8-11-3-6-18-9-11)16-5-1-2-13(16)12-4-7-19-10-12/h4,7,10-11,13H,1-3,5-6,8-9H2,(H,15,17)/t11-,13-/m1/s1. The van der Waals surface area contributed by atoms with Crippen LogP contribution in [0.2, 0.25) is 0 Å². The fraction of sp³-hybridized carbons (Fsp3) is 0.643. The van der Waals surface area contributed by atoms with Gasteiger partial charge in [0.2, 0.25) is 0 Å². The number of urea groups is 1. The van der Waals surface area contributed by atoms with Gasteiger partial charge in [-0.3, -0.25) is 0 Å². The molecule has 3 rings (SSSR count). The van der Waals surface area contributed by atoms with E-state index in [1.165, 1.54) is 5.56 Å². The van der Waals surface area contributed by atoms with Gasteiger partial charge in [-0.1, -0.05) is 0 Å². The Morgan fingerprint density at radius 1 is 1.53 bits per heavy atom. The zero-order chi connectivity index (χ0) is 13.1. The van der Waals surface area contributed by atoms with Crippen molar-refractivity contribution in [2.75, 3.05) is 26.3 Å². The highest BCUT2D eigenvalue weighted by Crippen LogP contribution is 2.32. The lowest BCUT2D eigenvalue weighted by Gasteiger charge is -2.25. The fourth-order valence-electron chi connectivity index (χ4n) is 2.90. The summed E-state index contributed by atoms with van der Waals surface area (Å²) in [5.41, 5.74) is 1.28. The highest BCUT2D eigenvalue weighted by atomic mass is 32.1. The molecule has 5 heteroatoms. The van der Waals surface area contributed by atoms with Gasteiger partial charge in [0.15, 0.2) is 0 Å². The molecular formula is C14H20N2O2S. The summed E-state index contributed by atoms with van der Waals surface area (Å²) in [6.07, 6.45) is 3.24. The molecule has 0 spiro atoms. The van der Waals surface area contributed by atoms with Gasteiger partial charge >= 0.3 is 6.03 Å². The quantitative estimate of drug-likeness (QED) is 0.924. The molecule has 0 aliphatic carbocycles. The number of amides is 2. The van der Waals surface area contributed by atoms with Crippen molar-refractivity contribution in [3.05, 3.63) is 22.4 Å². The van der Waals surface area contributed by atoms with Crippen LogP contribution in [-0.2, 0) is 4.74 Å². The van der Waals surface area contributed by atoms with Gasteiger partial charge in [-0.2, -0.15) is 11.3 Å². The maximum Gasteiger partial charge on any atom is 0.317 e. The van der Waals surface area contributed by atoms with Gasteiger partial charge in [-0.05, 0) is 41.7 Å². The molecule has 1 aromatic rings. The molecule has 2 amide bonds. The minimum Gasteiger partial charge on any atom is -0.381 e. The average molecular weight is 280 g/mol. The van der Waals surface area contributed by atoms with Crippen LogP contribution in [0.1, 0.15) is 30.9 Å². The highest BCUT2D eigenvalue weighted by molar-refractivity contribution is 7.07. The van der Waals surface area contributed by atoms with Gasteiger partial charge in [0, 0.05) is 25.6 Å². The molecule has 2 saturated heterocycles. The number of hydrogen-bond acceptors (Lipinski definition) is 3. The molecule has 4 nitrogen and oxygen atoms in total. The van der Waals surface area contributed by atoms with E-state index in [1.54, 1.807) is 11.3 Å². The van der Waals surface area contributed by atoms with Crippen molar-refractivity contribution in [2.24, 2.45) is 5.92 Å². The summed E-state index contributed by atoms with van der Waals surface area (Å²) in [4.78, 5) is 14.3. The van der Waals surface area contributed by atoms with E-state index in [0.29, 0.717) is 5.92 Å². The third kappa shape index (κ3) is 2.92. The molecule has 1 N–H and O–H groups in total. The number of carbonyl (C=O) groups excluding carboxylic acids is 1. The summed E-state index contributed by atoms with van der Waals surface area (Å²) < 4.78 is 5.33. The summed E-state index contributed by atoms with van der Waals surface area (Å²) in [7, 11) is 0. The van der Waals surface area contributed by atoms with Gasteiger partial charge in [0.1, 0.15) is 0 Å². The number of thiophene rings is 1. The zero-order valence-corrected chi connectivity index (χ0v) is 11.8. The Morgan fingerprint density at radius 3 is 3.21 bits per heavy atom. The summed E-state index contributed by atoms with van der Waals surface area (Å²) in [5, 5.41) is 7.31. The SMILES string of the molecule is O=C(NC[C@H]1CCOC1)N1CCC[C@@H]1c1ccsc1. The van der Waals surface area contributed by atoms with E-state index in [1.807, 2.05) is 4.90 Å². The van der Waals surface area contributed by atoms with Crippen molar-refractivity contribution in [3.63, 3.8) is 0 Å². The lowest BCUT2D eigenvalue weighted by atomic mass is 10.1. The van der Waals surface area contributed by atoms with Crippen LogP contribution in [-0.4, -0.2) is 37.2 Å². The van der Waals surface area contributed by atoms with Crippen LogP contribution >= 0.6 is 11.3 Å². The Morgan fingerprint density at radius 2 is 2.47 bits per heavy atom. The van der Waals surface area contributed by atoms with Gasteiger partial charge < -0.3 is 15.0 Å². The first-order chi connectivity index (χ1) is 9.34.